The normalized spacial score (nSPS) is 27.4. The smallest absolute Gasteiger partial charge is 0.0682 e. The Kier molecular flexibility index (Phi) is 6.22. The summed E-state index contributed by atoms with van der Waals surface area (Å²) in [5, 5.41) is 9.64. The third-order valence-corrected chi connectivity index (χ3v) is 3.12. The Morgan fingerprint density at radius 1 is 1.40 bits per heavy atom. The zero-order chi connectivity index (χ0) is 11.1. The second-order valence-electron chi connectivity index (χ2n) is 4.38. The van der Waals surface area contributed by atoms with E-state index in [1.807, 2.05) is 6.92 Å². The number of likely N-dealkylation sites (tertiary alicyclic amines) is 1. The van der Waals surface area contributed by atoms with Crippen LogP contribution in [0.2, 0.25) is 0 Å². The molecule has 1 fully saturated rings. The lowest BCUT2D eigenvalue weighted by Gasteiger charge is -2.23. The maximum Gasteiger partial charge on any atom is 0.0682 e. The van der Waals surface area contributed by atoms with Gasteiger partial charge >= 0.3 is 0 Å². The van der Waals surface area contributed by atoms with Gasteiger partial charge in [-0.2, -0.15) is 0 Å². The lowest BCUT2D eigenvalue weighted by molar-refractivity contribution is 0.101. The monoisotopic (exact) mass is 215 g/mol. The summed E-state index contributed by atoms with van der Waals surface area (Å²) >= 11 is 0. The second-order valence-corrected chi connectivity index (χ2v) is 4.38. The van der Waals surface area contributed by atoms with Gasteiger partial charge in [-0.15, -0.1) is 0 Å². The minimum atomic E-state index is -0.117. The number of hydrogen-bond acceptors (Lipinski definition) is 3. The van der Waals surface area contributed by atoms with Crippen molar-refractivity contribution in [3.8, 4) is 0 Å². The third-order valence-electron chi connectivity index (χ3n) is 3.12. The molecule has 3 heteroatoms. The van der Waals surface area contributed by atoms with Crippen molar-refractivity contribution in [1.29, 1.82) is 0 Å². The third kappa shape index (κ3) is 4.49. The van der Waals surface area contributed by atoms with Gasteiger partial charge < -0.3 is 9.84 Å². The topological polar surface area (TPSA) is 32.7 Å². The van der Waals surface area contributed by atoms with Crippen LogP contribution >= 0.6 is 0 Å². The van der Waals surface area contributed by atoms with Crippen molar-refractivity contribution in [2.75, 3.05) is 26.3 Å². The van der Waals surface area contributed by atoms with Crippen molar-refractivity contribution in [2.45, 2.75) is 51.7 Å². The molecule has 1 rings (SSSR count). The van der Waals surface area contributed by atoms with E-state index in [9.17, 15) is 5.11 Å². The highest BCUT2D eigenvalue weighted by Crippen LogP contribution is 2.21. The predicted octanol–water partition coefficient (Wildman–Crippen LogP) is 1.65. The van der Waals surface area contributed by atoms with E-state index in [0.717, 1.165) is 32.7 Å². The molecular formula is C12H25NO2. The average Bonchev–Trinajstić information content (AvgIpc) is 2.56. The summed E-state index contributed by atoms with van der Waals surface area (Å²) in [7, 11) is 0. The summed E-state index contributed by atoms with van der Waals surface area (Å²) in [5.41, 5.74) is 0. The zero-order valence-electron chi connectivity index (χ0n) is 10.1. The van der Waals surface area contributed by atoms with Gasteiger partial charge in [0.2, 0.25) is 0 Å². The molecule has 0 spiro atoms. The molecule has 0 aromatic carbocycles. The number of nitrogens with zero attached hydrogens (tertiary/aromatic N) is 1. The number of β-amino-alcohol motifs (C(OH)–C–C–N with tert-alkyl or cyclic N) is 1. The molecule has 1 heterocycles. The van der Waals surface area contributed by atoms with Gasteiger partial charge in [-0.25, -0.2) is 0 Å². The molecule has 0 aromatic heterocycles. The molecule has 15 heavy (non-hydrogen) atoms. The summed E-state index contributed by atoms with van der Waals surface area (Å²) in [6, 6.07) is 0.584. The number of aliphatic hydroxyl groups excluding tert-OH is 1. The predicted molar refractivity (Wildman–Crippen MR) is 62.0 cm³/mol. The van der Waals surface area contributed by atoms with E-state index in [4.69, 9.17) is 4.74 Å². The molecule has 2 atom stereocenters. The first kappa shape index (κ1) is 12.9. The standard InChI is InChI=1S/C12H25NO2/c1-3-5-6-11-9-12(14)10-13(11)7-8-15-4-2/h11-12,14H,3-10H2,1-2H3/t11-,12-/m0/s1. The van der Waals surface area contributed by atoms with E-state index in [0.29, 0.717) is 6.04 Å². The van der Waals surface area contributed by atoms with Crippen molar-refractivity contribution in [2.24, 2.45) is 0 Å². The van der Waals surface area contributed by atoms with Gasteiger partial charge in [-0.05, 0) is 19.8 Å². The fourth-order valence-electron chi connectivity index (χ4n) is 2.30. The maximum absolute atomic E-state index is 9.64. The molecule has 0 aliphatic carbocycles. The first-order valence-electron chi connectivity index (χ1n) is 6.27. The van der Waals surface area contributed by atoms with Crippen molar-refractivity contribution < 1.29 is 9.84 Å². The van der Waals surface area contributed by atoms with Crippen LogP contribution in [0, 0.1) is 0 Å². The minimum absolute atomic E-state index is 0.117. The van der Waals surface area contributed by atoms with Crippen LogP contribution in [-0.2, 0) is 4.74 Å². The van der Waals surface area contributed by atoms with E-state index < -0.39 is 0 Å². The van der Waals surface area contributed by atoms with E-state index in [-0.39, 0.29) is 6.10 Å². The summed E-state index contributed by atoms with van der Waals surface area (Å²) in [4.78, 5) is 2.38. The van der Waals surface area contributed by atoms with Crippen LogP contribution in [0.1, 0.15) is 39.5 Å². The Balaban J connectivity index is 2.25. The Labute approximate surface area is 93.4 Å². The van der Waals surface area contributed by atoms with Crippen LogP contribution in [0.5, 0.6) is 0 Å². The van der Waals surface area contributed by atoms with Crippen LogP contribution in [0.4, 0.5) is 0 Å². The Bertz CT molecular complexity index is 164. The number of rotatable bonds is 7. The quantitative estimate of drug-likeness (QED) is 0.655. The first-order valence-corrected chi connectivity index (χ1v) is 6.27. The van der Waals surface area contributed by atoms with Gasteiger partial charge in [0.15, 0.2) is 0 Å². The Morgan fingerprint density at radius 3 is 2.87 bits per heavy atom. The molecule has 90 valence electrons. The van der Waals surface area contributed by atoms with Crippen LogP contribution < -0.4 is 0 Å². The number of ether oxygens (including phenoxy) is 1. The largest absolute Gasteiger partial charge is 0.392 e. The molecule has 0 aromatic rings. The summed E-state index contributed by atoms with van der Waals surface area (Å²) < 4.78 is 5.36. The van der Waals surface area contributed by atoms with Crippen LogP contribution in [-0.4, -0.2) is 48.5 Å². The zero-order valence-corrected chi connectivity index (χ0v) is 10.1. The molecule has 0 unspecified atom stereocenters. The molecule has 3 nitrogen and oxygen atoms in total. The van der Waals surface area contributed by atoms with Gasteiger partial charge in [-0.3, -0.25) is 4.90 Å². The van der Waals surface area contributed by atoms with Crippen molar-refractivity contribution in [1.82, 2.24) is 4.90 Å². The van der Waals surface area contributed by atoms with Gasteiger partial charge in [0, 0.05) is 25.7 Å². The van der Waals surface area contributed by atoms with Gasteiger partial charge in [0.05, 0.1) is 12.7 Å². The molecule has 1 aliphatic heterocycles. The van der Waals surface area contributed by atoms with Crippen LogP contribution in [0.25, 0.3) is 0 Å². The molecule has 1 aliphatic rings. The molecule has 0 saturated carbocycles. The number of aliphatic hydroxyl groups is 1. The molecule has 1 N–H and O–H groups in total. The van der Waals surface area contributed by atoms with Crippen LogP contribution in [0.15, 0.2) is 0 Å². The second kappa shape index (κ2) is 7.20. The highest BCUT2D eigenvalue weighted by molar-refractivity contribution is 4.84. The van der Waals surface area contributed by atoms with Gasteiger partial charge in [-0.1, -0.05) is 19.8 Å². The first-order chi connectivity index (χ1) is 7.27. The molecular weight excluding hydrogens is 190 g/mol. The van der Waals surface area contributed by atoms with Crippen LogP contribution in [0.3, 0.4) is 0 Å². The lowest BCUT2D eigenvalue weighted by Crippen LogP contribution is -2.33. The number of unbranched alkanes of at least 4 members (excludes halogenated alkanes) is 1. The number of hydrogen-bond donors (Lipinski definition) is 1. The summed E-state index contributed by atoms with van der Waals surface area (Å²) in [6.07, 6.45) is 4.56. The van der Waals surface area contributed by atoms with Gasteiger partial charge in [0.25, 0.3) is 0 Å². The average molecular weight is 215 g/mol. The molecule has 1 saturated heterocycles. The fraction of sp³-hybridized carbons (Fsp3) is 1.00. The summed E-state index contributed by atoms with van der Waals surface area (Å²) in [6.45, 7) is 7.63. The van der Waals surface area contributed by atoms with E-state index >= 15 is 0 Å². The molecule has 0 radical (unpaired) electrons. The Hall–Kier alpha value is -0.120. The van der Waals surface area contributed by atoms with Gasteiger partial charge in [0.1, 0.15) is 0 Å². The fourth-order valence-corrected chi connectivity index (χ4v) is 2.30. The van der Waals surface area contributed by atoms with E-state index in [1.165, 1.54) is 19.3 Å². The highest BCUT2D eigenvalue weighted by Gasteiger charge is 2.29. The molecule has 0 bridgehead atoms. The van der Waals surface area contributed by atoms with Crippen molar-refractivity contribution in [3.05, 3.63) is 0 Å². The Morgan fingerprint density at radius 2 is 2.20 bits per heavy atom. The van der Waals surface area contributed by atoms with E-state index in [1.54, 1.807) is 0 Å². The van der Waals surface area contributed by atoms with Crippen molar-refractivity contribution >= 4 is 0 Å². The van der Waals surface area contributed by atoms with E-state index in [2.05, 4.69) is 11.8 Å². The lowest BCUT2D eigenvalue weighted by atomic mass is 10.1. The highest BCUT2D eigenvalue weighted by atomic mass is 16.5. The minimum Gasteiger partial charge on any atom is -0.392 e. The maximum atomic E-state index is 9.64. The van der Waals surface area contributed by atoms with Crippen molar-refractivity contribution in [3.63, 3.8) is 0 Å². The SMILES string of the molecule is CCCC[C@H]1C[C@H](O)CN1CCOCC. The summed E-state index contributed by atoms with van der Waals surface area (Å²) in [5.74, 6) is 0. The molecule has 0 amide bonds.